The fourth-order valence-electron chi connectivity index (χ4n) is 5.39. The standard InChI is InChI=1S/C30H29N7O/c1-17-11-25-19(14-32-29(31-5)36-25)12-23(17)21-7-6-8-22-27(21)33-16-34-28(22)35-20-9-10-24-26(13-20)37(18(2)38)15-30(24,3)4/h6-14,16H,15H2,1-5H3,(H,31,32,36)(H,33,34,35). The second-order valence-electron chi connectivity index (χ2n) is 10.4. The van der Waals surface area contributed by atoms with Crippen LogP contribution >= 0.6 is 0 Å². The Morgan fingerprint density at radius 3 is 2.66 bits per heavy atom. The van der Waals surface area contributed by atoms with Crippen molar-refractivity contribution in [3.8, 4) is 11.1 Å². The molecule has 6 rings (SSSR count). The Hall–Kier alpha value is -4.59. The lowest BCUT2D eigenvalue weighted by Crippen LogP contribution is -2.31. The Morgan fingerprint density at radius 1 is 1.03 bits per heavy atom. The molecule has 0 saturated heterocycles. The number of amides is 1. The lowest BCUT2D eigenvalue weighted by atomic mass is 9.87. The number of anilines is 4. The normalized spacial score (nSPS) is 14.1. The Labute approximate surface area is 221 Å². The van der Waals surface area contributed by atoms with Crippen molar-refractivity contribution in [1.82, 2.24) is 19.9 Å². The molecule has 0 aliphatic carbocycles. The molecule has 3 heterocycles. The largest absolute Gasteiger partial charge is 0.357 e. The second-order valence-corrected chi connectivity index (χ2v) is 10.4. The highest BCUT2D eigenvalue weighted by Crippen LogP contribution is 2.42. The number of nitrogens with zero attached hydrogens (tertiary/aromatic N) is 5. The molecule has 8 heteroatoms. The number of carbonyl (C=O) groups is 1. The van der Waals surface area contributed by atoms with Gasteiger partial charge in [-0.25, -0.2) is 19.9 Å². The van der Waals surface area contributed by atoms with E-state index in [0.29, 0.717) is 18.3 Å². The Balaban J connectivity index is 1.42. The van der Waals surface area contributed by atoms with Gasteiger partial charge in [-0.05, 0) is 53.9 Å². The molecule has 0 spiro atoms. The Kier molecular flexibility index (Phi) is 5.48. The van der Waals surface area contributed by atoms with Crippen LogP contribution < -0.4 is 15.5 Å². The zero-order valence-electron chi connectivity index (χ0n) is 22.1. The van der Waals surface area contributed by atoms with Crippen LogP contribution in [0.3, 0.4) is 0 Å². The molecule has 5 aromatic rings. The molecule has 0 radical (unpaired) electrons. The van der Waals surface area contributed by atoms with Crippen molar-refractivity contribution in [2.45, 2.75) is 33.1 Å². The topological polar surface area (TPSA) is 95.9 Å². The number of aromatic nitrogens is 4. The van der Waals surface area contributed by atoms with E-state index in [1.165, 1.54) is 5.56 Å². The number of nitrogens with one attached hydrogen (secondary N) is 2. The van der Waals surface area contributed by atoms with Gasteiger partial charge >= 0.3 is 0 Å². The van der Waals surface area contributed by atoms with Crippen LogP contribution in [0.15, 0.2) is 61.1 Å². The molecular formula is C30H29N7O. The van der Waals surface area contributed by atoms with Crippen LogP contribution in [0, 0.1) is 6.92 Å². The van der Waals surface area contributed by atoms with Crippen molar-refractivity contribution in [3.05, 3.63) is 72.2 Å². The van der Waals surface area contributed by atoms with Gasteiger partial charge in [-0.1, -0.05) is 32.0 Å². The minimum atomic E-state index is -0.0899. The van der Waals surface area contributed by atoms with Crippen molar-refractivity contribution in [2.24, 2.45) is 0 Å². The molecule has 1 aliphatic heterocycles. The summed E-state index contributed by atoms with van der Waals surface area (Å²) in [6.45, 7) is 8.71. The number of fused-ring (bicyclic) bond motifs is 3. The number of para-hydroxylation sites is 1. The van der Waals surface area contributed by atoms with E-state index >= 15 is 0 Å². The van der Waals surface area contributed by atoms with Crippen LogP contribution in [0.1, 0.15) is 31.9 Å². The van der Waals surface area contributed by atoms with Crippen molar-refractivity contribution in [1.29, 1.82) is 0 Å². The summed E-state index contributed by atoms with van der Waals surface area (Å²) in [6, 6.07) is 16.5. The summed E-state index contributed by atoms with van der Waals surface area (Å²) in [5.74, 6) is 1.35. The van der Waals surface area contributed by atoms with E-state index in [9.17, 15) is 4.79 Å². The van der Waals surface area contributed by atoms with Crippen molar-refractivity contribution in [2.75, 3.05) is 29.1 Å². The monoisotopic (exact) mass is 503 g/mol. The minimum absolute atomic E-state index is 0.0458. The SMILES string of the molecule is CNc1ncc2cc(-c3cccc4c(Nc5ccc6c(c5)N(C(C)=O)CC6(C)C)ncnc34)c(C)cc2n1. The maximum Gasteiger partial charge on any atom is 0.223 e. The first-order chi connectivity index (χ1) is 18.2. The van der Waals surface area contributed by atoms with Crippen molar-refractivity contribution >= 4 is 50.9 Å². The highest BCUT2D eigenvalue weighted by atomic mass is 16.2. The first-order valence-electron chi connectivity index (χ1n) is 12.6. The number of hydrogen-bond acceptors (Lipinski definition) is 7. The van der Waals surface area contributed by atoms with E-state index in [2.05, 4.69) is 81.7 Å². The molecule has 2 N–H and O–H groups in total. The summed E-state index contributed by atoms with van der Waals surface area (Å²) in [4.78, 5) is 32.4. The quantitative estimate of drug-likeness (QED) is 0.312. The van der Waals surface area contributed by atoms with Gasteiger partial charge in [0.25, 0.3) is 0 Å². The molecule has 2 aromatic heterocycles. The molecule has 0 bridgehead atoms. The van der Waals surface area contributed by atoms with E-state index < -0.39 is 0 Å². The predicted molar refractivity (Wildman–Crippen MR) is 153 cm³/mol. The average Bonchev–Trinajstić information content (AvgIpc) is 3.18. The van der Waals surface area contributed by atoms with Crippen molar-refractivity contribution in [3.63, 3.8) is 0 Å². The summed E-state index contributed by atoms with van der Waals surface area (Å²) in [7, 11) is 1.81. The smallest absolute Gasteiger partial charge is 0.223 e. The highest BCUT2D eigenvalue weighted by molar-refractivity contribution is 6.02. The van der Waals surface area contributed by atoms with Gasteiger partial charge < -0.3 is 15.5 Å². The van der Waals surface area contributed by atoms with Gasteiger partial charge in [0.1, 0.15) is 12.1 Å². The molecular weight excluding hydrogens is 474 g/mol. The maximum absolute atomic E-state index is 12.3. The van der Waals surface area contributed by atoms with Gasteiger partial charge in [0.05, 0.1) is 11.0 Å². The Bertz CT molecular complexity index is 1740. The summed E-state index contributed by atoms with van der Waals surface area (Å²) in [5, 5.41) is 8.35. The highest BCUT2D eigenvalue weighted by Gasteiger charge is 2.36. The van der Waals surface area contributed by atoms with Crippen LogP contribution in [0.4, 0.5) is 23.1 Å². The predicted octanol–water partition coefficient (Wildman–Crippen LogP) is 5.98. The number of aryl methyl sites for hydroxylation is 1. The van der Waals surface area contributed by atoms with Crippen LogP contribution in [0.5, 0.6) is 0 Å². The van der Waals surface area contributed by atoms with Crippen LogP contribution in [-0.2, 0) is 10.2 Å². The third-order valence-electron chi connectivity index (χ3n) is 7.32. The molecule has 1 amide bonds. The van der Waals surface area contributed by atoms with Gasteiger partial charge in [-0.2, -0.15) is 0 Å². The first kappa shape index (κ1) is 23.8. The van der Waals surface area contributed by atoms with Crippen LogP contribution in [0.25, 0.3) is 32.9 Å². The third kappa shape index (κ3) is 3.89. The molecule has 3 aromatic carbocycles. The zero-order valence-corrected chi connectivity index (χ0v) is 22.1. The summed E-state index contributed by atoms with van der Waals surface area (Å²) >= 11 is 0. The van der Waals surface area contributed by atoms with E-state index in [1.807, 2.05) is 36.3 Å². The lowest BCUT2D eigenvalue weighted by molar-refractivity contribution is -0.116. The summed E-state index contributed by atoms with van der Waals surface area (Å²) < 4.78 is 0. The minimum Gasteiger partial charge on any atom is -0.357 e. The number of carbonyl (C=O) groups excluding carboxylic acids is 1. The van der Waals surface area contributed by atoms with Gasteiger partial charge in [0.15, 0.2) is 0 Å². The zero-order chi connectivity index (χ0) is 26.6. The van der Waals surface area contributed by atoms with Gasteiger partial charge in [-0.3, -0.25) is 4.79 Å². The maximum atomic E-state index is 12.3. The van der Waals surface area contributed by atoms with E-state index in [1.54, 1.807) is 13.3 Å². The summed E-state index contributed by atoms with van der Waals surface area (Å²) in [5.41, 5.74) is 7.84. The average molecular weight is 504 g/mol. The fraction of sp³-hybridized carbons (Fsp3) is 0.233. The molecule has 190 valence electrons. The molecule has 0 fully saturated rings. The lowest BCUT2D eigenvalue weighted by Gasteiger charge is -2.19. The van der Waals surface area contributed by atoms with Gasteiger partial charge in [-0.15, -0.1) is 0 Å². The number of benzene rings is 3. The van der Waals surface area contributed by atoms with E-state index in [-0.39, 0.29) is 11.3 Å². The molecule has 0 saturated carbocycles. The molecule has 0 atom stereocenters. The third-order valence-corrected chi connectivity index (χ3v) is 7.32. The van der Waals surface area contributed by atoms with Gasteiger partial charge in [0.2, 0.25) is 11.9 Å². The summed E-state index contributed by atoms with van der Waals surface area (Å²) in [6.07, 6.45) is 3.43. The molecule has 38 heavy (non-hydrogen) atoms. The molecule has 8 nitrogen and oxygen atoms in total. The van der Waals surface area contributed by atoms with E-state index in [0.717, 1.165) is 49.9 Å². The first-order valence-corrected chi connectivity index (χ1v) is 12.6. The fourth-order valence-corrected chi connectivity index (χ4v) is 5.39. The van der Waals surface area contributed by atoms with E-state index in [4.69, 9.17) is 0 Å². The van der Waals surface area contributed by atoms with Crippen LogP contribution in [-0.4, -0.2) is 39.4 Å². The molecule has 0 unspecified atom stereocenters. The van der Waals surface area contributed by atoms with Gasteiger partial charge in [0, 0.05) is 59.8 Å². The van der Waals surface area contributed by atoms with Crippen molar-refractivity contribution < 1.29 is 4.79 Å². The number of hydrogen-bond donors (Lipinski definition) is 2. The molecule has 1 aliphatic rings. The second kappa shape index (κ2) is 8.76. The Morgan fingerprint density at radius 2 is 1.87 bits per heavy atom. The van der Waals surface area contributed by atoms with Crippen LogP contribution in [0.2, 0.25) is 0 Å². The number of rotatable bonds is 4.